The number of hydrogen-bond acceptors (Lipinski definition) is 2. The fourth-order valence-corrected chi connectivity index (χ4v) is 2.56. The zero-order valence-electron chi connectivity index (χ0n) is 9.24. The van der Waals surface area contributed by atoms with Gasteiger partial charge >= 0.3 is 0 Å². The summed E-state index contributed by atoms with van der Waals surface area (Å²) in [5.74, 6) is 0.634. The molecule has 1 aromatic carbocycles. The summed E-state index contributed by atoms with van der Waals surface area (Å²) in [5, 5.41) is 9.73. The van der Waals surface area contributed by atoms with Crippen LogP contribution in [0.3, 0.4) is 0 Å². The van der Waals surface area contributed by atoms with Gasteiger partial charge in [-0.15, -0.1) is 0 Å². The second kappa shape index (κ2) is 4.23. The monoisotopic (exact) mass is 205 g/mol. The lowest BCUT2D eigenvalue weighted by Crippen LogP contribution is -2.03. The number of rotatable bonds is 2. The zero-order chi connectivity index (χ0) is 10.8. The molecule has 0 heterocycles. The number of nitrogen functional groups attached to an aromatic ring is 1. The third-order valence-electron chi connectivity index (χ3n) is 3.36. The summed E-state index contributed by atoms with van der Waals surface area (Å²) in [7, 11) is 0. The van der Waals surface area contributed by atoms with Crippen molar-refractivity contribution in [2.45, 2.75) is 44.6 Å². The van der Waals surface area contributed by atoms with Crippen LogP contribution in [0.15, 0.2) is 18.2 Å². The molecule has 1 atom stereocenters. The van der Waals surface area contributed by atoms with E-state index in [9.17, 15) is 5.11 Å². The average molecular weight is 205 g/mol. The van der Waals surface area contributed by atoms with E-state index >= 15 is 0 Å². The van der Waals surface area contributed by atoms with Crippen molar-refractivity contribution in [3.63, 3.8) is 0 Å². The van der Waals surface area contributed by atoms with Gasteiger partial charge in [0.25, 0.3) is 0 Å². The van der Waals surface area contributed by atoms with Crippen LogP contribution in [0.2, 0.25) is 0 Å². The summed E-state index contributed by atoms with van der Waals surface area (Å²) >= 11 is 0. The Morgan fingerprint density at radius 2 is 2.00 bits per heavy atom. The van der Waals surface area contributed by atoms with Gasteiger partial charge in [0.1, 0.15) is 0 Å². The standard InChI is InChI=1S/C13H19NO/c1-9(15)13-8-11(14)6-7-12(13)10-4-2-3-5-10/h6-10,15H,2-5,14H2,1H3. The number of hydrogen-bond donors (Lipinski definition) is 2. The van der Waals surface area contributed by atoms with E-state index in [0.717, 1.165) is 11.3 Å². The molecule has 1 unspecified atom stereocenters. The van der Waals surface area contributed by atoms with Crippen LogP contribution in [-0.4, -0.2) is 5.11 Å². The lowest BCUT2D eigenvalue weighted by atomic mass is 9.90. The molecule has 1 fully saturated rings. The quantitative estimate of drug-likeness (QED) is 0.729. The SMILES string of the molecule is CC(O)c1cc(N)ccc1C1CCCC1. The van der Waals surface area contributed by atoms with Crippen molar-refractivity contribution < 1.29 is 5.11 Å². The summed E-state index contributed by atoms with van der Waals surface area (Å²) in [6.07, 6.45) is 4.72. The van der Waals surface area contributed by atoms with Gasteiger partial charge in [0.15, 0.2) is 0 Å². The van der Waals surface area contributed by atoms with Gasteiger partial charge in [0.2, 0.25) is 0 Å². The summed E-state index contributed by atoms with van der Waals surface area (Å²) in [6.45, 7) is 1.81. The van der Waals surface area contributed by atoms with Crippen molar-refractivity contribution >= 4 is 5.69 Å². The number of aliphatic hydroxyl groups is 1. The Labute approximate surface area is 91.1 Å². The van der Waals surface area contributed by atoms with Crippen molar-refractivity contribution in [1.82, 2.24) is 0 Å². The van der Waals surface area contributed by atoms with E-state index in [2.05, 4.69) is 6.07 Å². The molecule has 1 aromatic rings. The number of anilines is 1. The highest BCUT2D eigenvalue weighted by molar-refractivity contribution is 5.46. The van der Waals surface area contributed by atoms with Crippen LogP contribution in [0, 0.1) is 0 Å². The summed E-state index contributed by atoms with van der Waals surface area (Å²) in [4.78, 5) is 0. The highest BCUT2D eigenvalue weighted by Gasteiger charge is 2.21. The molecule has 3 N–H and O–H groups in total. The Morgan fingerprint density at radius 3 is 2.60 bits per heavy atom. The number of benzene rings is 1. The first-order valence-electron chi connectivity index (χ1n) is 5.76. The van der Waals surface area contributed by atoms with Crippen molar-refractivity contribution in [1.29, 1.82) is 0 Å². The van der Waals surface area contributed by atoms with E-state index in [0.29, 0.717) is 5.92 Å². The Bertz CT molecular complexity index is 340. The van der Waals surface area contributed by atoms with Crippen LogP contribution in [-0.2, 0) is 0 Å². The minimum atomic E-state index is -0.413. The van der Waals surface area contributed by atoms with E-state index in [1.54, 1.807) is 0 Å². The van der Waals surface area contributed by atoms with Gasteiger partial charge in [-0.05, 0) is 48.9 Å². The van der Waals surface area contributed by atoms with Gasteiger partial charge in [0.05, 0.1) is 6.10 Å². The van der Waals surface area contributed by atoms with Crippen LogP contribution in [0.25, 0.3) is 0 Å². The first-order valence-corrected chi connectivity index (χ1v) is 5.76. The number of aliphatic hydroxyl groups excluding tert-OH is 1. The minimum absolute atomic E-state index is 0.413. The molecule has 1 aliphatic rings. The zero-order valence-corrected chi connectivity index (χ0v) is 9.24. The van der Waals surface area contributed by atoms with Crippen LogP contribution in [0.5, 0.6) is 0 Å². The molecule has 1 saturated carbocycles. The van der Waals surface area contributed by atoms with Crippen molar-refractivity contribution in [3.8, 4) is 0 Å². The lowest BCUT2D eigenvalue weighted by Gasteiger charge is -2.17. The van der Waals surface area contributed by atoms with E-state index in [4.69, 9.17) is 5.73 Å². The van der Waals surface area contributed by atoms with Gasteiger partial charge in [0, 0.05) is 5.69 Å². The smallest absolute Gasteiger partial charge is 0.0765 e. The third-order valence-corrected chi connectivity index (χ3v) is 3.36. The summed E-state index contributed by atoms with van der Waals surface area (Å²) < 4.78 is 0. The second-order valence-electron chi connectivity index (χ2n) is 4.55. The van der Waals surface area contributed by atoms with E-state index < -0.39 is 6.10 Å². The lowest BCUT2D eigenvalue weighted by molar-refractivity contribution is 0.197. The molecule has 2 rings (SSSR count). The van der Waals surface area contributed by atoms with Gasteiger partial charge in [-0.2, -0.15) is 0 Å². The molecule has 15 heavy (non-hydrogen) atoms. The molecule has 82 valence electrons. The number of nitrogens with two attached hydrogens (primary N) is 1. The average Bonchev–Trinajstić information content (AvgIpc) is 2.70. The second-order valence-corrected chi connectivity index (χ2v) is 4.55. The maximum Gasteiger partial charge on any atom is 0.0765 e. The Kier molecular flexibility index (Phi) is 2.96. The van der Waals surface area contributed by atoms with Gasteiger partial charge < -0.3 is 10.8 Å². The van der Waals surface area contributed by atoms with Crippen LogP contribution in [0.1, 0.15) is 55.8 Å². The van der Waals surface area contributed by atoms with Gasteiger partial charge in [-0.1, -0.05) is 18.9 Å². The molecule has 0 spiro atoms. The molecule has 0 bridgehead atoms. The maximum atomic E-state index is 9.73. The molecular formula is C13H19NO. The van der Waals surface area contributed by atoms with E-state index in [1.165, 1.54) is 31.2 Å². The normalized spacial score (nSPS) is 19.3. The molecule has 0 aliphatic heterocycles. The first-order chi connectivity index (χ1) is 7.18. The molecule has 0 saturated heterocycles. The summed E-state index contributed by atoms with van der Waals surface area (Å²) in [5.41, 5.74) is 8.81. The van der Waals surface area contributed by atoms with E-state index in [1.807, 2.05) is 19.1 Å². The Morgan fingerprint density at radius 1 is 1.33 bits per heavy atom. The predicted octanol–water partition coefficient (Wildman–Crippen LogP) is 2.98. The predicted molar refractivity (Wildman–Crippen MR) is 62.7 cm³/mol. The van der Waals surface area contributed by atoms with Crippen LogP contribution < -0.4 is 5.73 Å². The van der Waals surface area contributed by atoms with Crippen LogP contribution in [0.4, 0.5) is 5.69 Å². The fraction of sp³-hybridized carbons (Fsp3) is 0.538. The summed E-state index contributed by atoms with van der Waals surface area (Å²) in [6, 6.07) is 5.95. The molecule has 1 aliphatic carbocycles. The molecule has 2 heteroatoms. The molecular weight excluding hydrogens is 186 g/mol. The van der Waals surface area contributed by atoms with Gasteiger partial charge in [-0.3, -0.25) is 0 Å². The fourth-order valence-electron chi connectivity index (χ4n) is 2.56. The molecule has 2 nitrogen and oxygen atoms in total. The largest absolute Gasteiger partial charge is 0.399 e. The Hall–Kier alpha value is -1.02. The Balaban J connectivity index is 2.36. The topological polar surface area (TPSA) is 46.2 Å². The molecule has 0 amide bonds. The first kappa shape index (κ1) is 10.5. The molecule has 0 aromatic heterocycles. The highest BCUT2D eigenvalue weighted by Crippen LogP contribution is 2.38. The van der Waals surface area contributed by atoms with Crippen molar-refractivity contribution in [2.75, 3.05) is 5.73 Å². The van der Waals surface area contributed by atoms with Crippen molar-refractivity contribution in [3.05, 3.63) is 29.3 Å². The minimum Gasteiger partial charge on any atom is -0.399 e. The van der Waals surface area contributed by atoms with Crippen molar-refractivity contribution in [2.24, 2.45) is 0 Å². The van der Waals surface area contributed by atoms with Gasteiger partial charge in [-0.25, -0.2) is 0 Å². The third kappa shape index (κ3) is 2.15. The highest BCUT2D eigenvalue weighted by atomic mass is 16.3. The molecule has 0 radical (unpaired) electrons. The van der Waals surface area contributed by atoms with Crippen LogP contribution >= 0.6 is 0 Å². The van der Waals surface area contributed by atoms with E-state index in [-0.39, 0.29) is 0 Å². The maximum absolute atomic E-state index is 9.73.